The third-order valence-corrected chi connectivity index (χ3v) is 5.72. The second-order valence-electron chi connectivity index (χ2n) is 7.80. The number of benzene rings is 1. The van der Waals surface area contributed by atoms with E-state index < -0.39 is 0 Å². The van der Waals surface area contributed by atoms with Crippen molar-refractivity contribution in [3.8, 4) is 17.0 Å². The number of piperidine rings is 1. The van der Waals surface area contributed by atoms with Gasteiger partial charge in [-0.05, 0) is 38.0 Å². The Morgan fingerprint density at radius 2 is 2.12 bits per heavy atom. The zero-order valence-electron chi connectivity index (χ0n) is 18.4. The average Bonchev–Trinajstić information content (AvgIpc) is 3.33. The highest BCUT2D eigenvalue weighted by molar-refractivity contribution is 5.94. The Morgan fingerprint density at radius 3 is 2.88 bits per heavy atom. The van der Waals surface area contributed by atoms with E-state index in [-0.39, 0.29) is 17.7 Å². The number of methoxy groups -OCH3 is 1. The van der Waals surface area contributed by atoms with Gasteiger partial charge in [0.15, 0.2) is 0 Å². The number of ether oxygens (including phenoxy) is 1. The molecule has 1 atom stereocenters. The molecule has 1 fully saturated rings. The molecule has 0 radical (unpaired) electrons. The molecule has 32 heavy (non-hydrogen) atoms. The number of aryl methyl sites for hydroxylation is 1. The molecule has 1 aliphatic rings. The van der Waals surface area contributed by atoms with Crippen molar-refractivity contribution in [1.29, 1.82) is 0 Å². The molecule has 2 amide bonds. The van der Waals surface area contributed by atoms with Crippen molar-refractivity contribution < 1.29 is 14.3 Å². The van der Waals surface area contributed by atoms with Gasteiger partial charge in [-0.1, -0.05) is 12.1 Å². The topological polar surface area (TPSA) is 113 Å². The number of carbonyl (C=O) groups is 2. The number of carbonyl (C=O) groups excluding carboxylic acids is 2. The highest BCUT2D eigenvalue weighted by Gasteiger charge is 2.28. The molecule has 2 N–H and O–H groups in total. The maximum absolute atomic E-state index is 13.1. The van der Waals surface area contributed by atoms with Crippen molar-refractivity contribution >= 4 is 11.8 Å². The molecule has 4 rings (SSSR count). The van der Waals surface area contributed by atoms with Crippen LogP contribution in [0.4, 0.5) is 0 Å². The van der Waals surface area contributed by atoms with E-state index in [1.807, 2.05) is 29.2 Å². The van der Waals surface area contributed by atoms with Gasteiger partial charge in [-0.3, -0.25) is 14.7 Å². The normalized spacial score (nSPS) is 16.0. The largest absolute Gasteiger partial charge is 0.497 e. The van der Waals surface area contributed by atoms with Crippen LogP contribution in [-0.4, -0.2) is 64.1 Å². The van der Waals surface area contributed by atoms with E-state index in [1.54, 1.807) is 33.3 Å². The quantitative estimate of drug-likeness (QED) is 0.638. The van der Waals surface area contributed by atoms with Crippen LogP contribution in [0.25, 0.3) is 11.3 Å². The summed E-state index contributed by atoms with van der Waals surface area (Å²) in [5.74, 6) is 1.10. The Hall–Kier alpha value is -3.75. The summed E-state index contributed by atoms with van der Waals surface area (Å²) in [7, 11) is 3.19. The molecule has 0 bridgehead atoms. The first-order chi connectivity index (χ1) is 15.5. The number of rotatable bonds is 5. The first-order valence-corrected chi connectivity index (χ1v) is 10.5. The van der Waals surface area contributed by atoms with Gasteiger partial charge in [-0.2, -0.15) is 5.10 Å². The van der Waals surface area contributed by atoms with Crippen molar-refractivity contribution in [2.45, 2.75) is 25.7 Å². The van der Waals surface area contributed by atoms with E-state index >= 15 is 0 Å². The zero-order valence-corrected chi connectivity index (χ0v) is 18.4. The maximum atomic E-state index is 13.1. The number of H-pyrrole nitrogens is 1. The predicted octanol–water partition coefficient (Wildman–Crippen LogP) is 2.56. The van der Waals surface area contributed by atoms with Crippen LogP contribution in [0.15, 0.2) is 36.5 Å². The molecular formula is C23H26N6O3. The molecule has 0 spiro atoms. The third-order valence-electron chi connectivity index (χ3n) is 5.72. The van der Waals surface area contributed by atoms with Gasteiger partial charge >= 0.3 is 0 Å². The van der Waals surface area contributed by atoms with Crippen LogP contribution in [0.1, 0.15) is 51.1 Å². The van der Waals surface area contributed by atoms with Crippen molar-refractivity contribution in [2.75, 3.05) is 27.2 Å². The maximum Gasteiger partial charge on any atom is 0.271 e. The van der Waals surface area contributed by atoms with E-state index in [0.29, 0.717) is 41.6 Å². The van der Waals surface area contributed by atoms with E-state index in [4.69, 9.17) is 4.74 Å². The highest BCUT2D eigenvalue weighted by atomic mass is 16.5. The number of hydrogen-bond donors (Lipinski definition) is 2. The van der Waals surface area contributed by atoms with Crippen LogP contribution >= 0.6 is 0 Å². The molecule has 9 nitrogen and oxygen atoms in total. The second-order valence-corrected chi connectivity index (χ2v) is 7.80. The number of hydrogen-bond acceptors (Lipinski definition) is 6. The third kappa shape index (κ3) is 4.32. The van der Waals surface area contributed by atoms with Crippen LogP contribution in [-0.2, 0) is 0 Å². The summed E-state index contributed by atoms with van der Waals surface area (Å²) in [5, 5.41) is 9.77. The van der Waals surface area contributed by atoms with E-state index in [9.17, 15) is 9.59 Å². The minimum Gasteiger partial charge on any atom is -0.497 e. The zero-order chi connectivity index (χ0) is 22.7. The van der Waals surface area contributed by atoms with Crippen molar-refractivity contribution in [3.05, 3.63) is 59.3 Å². The van der Waals surface area contributed by atoms with Crippen molar-refractivity contribution in [3.63, 3.8) is 0 Å². The van der Waals surface area contributed by atoms with Crippen LogP contribution in [0.3, 0.4) is 0 Å². The second kappa shape index (κ2) is 9.17. The Bertz CT molecular complexity index is 1140. The fraction of sp³-hybridized carbons (Fsp3) is 0.348. The molecule has 166 valence electrons. The van der Waals surface area contributed by atoms with Gasteiger partial charge in [0.05, 0.1) is 24.1 Å². The molecule has 0 saturated carbocycles. The minimum atomic E-state index is -0.208. The van der Waals surface area contributed by atoms with Crippen LogP contribution < -0.4 is 10.1 Å². The van der Waals surface area contributed by atoms with Gasteiger partial charge in [0, 0.05) is 37.8 Å². The van der Waals surface area contributed by atoms with Crippen LogP contribution in [0, 0.1) is 6.92 Å². The molecule has 1 aliphatic heterocycles. The molecule has 3 aromatic rings. The molecule has 9 heteroatoms. The summed E-state index contributed by atoms with van der Waals surface area (Å²) in [6, 6.07) is 9.31. The smallest absolute Gasteiger partial charge is 0.271 e. The van der Waals surface area contributed by atoms with Crippen molar-refractivity contribution in [1.82, 2.24) is 30.4 Å². The van der Waals surface area contributed by atoms with Crippen LogP contribution in [0.5, 0.6) is 5.75 Å². The monoisotopic (exact) mass is 434 g/mol. The van der Waals surface area contributed by atoms with Gasteiger partial charge in [-0.25, -0.2) is 9.97 Å². The lowest BCUT2D eigenvalue weighted by Gasteiger charge is -2.31. The van der Waals surface area contributed by atoms with Gasteiger partial charge < -0.3 is 15.0 Å². The Labute approximate surface area is 186 Å². The predicted molar refractivity (Wildman–Crippen MR) is 119 cm³/mol. The molecule has 1 saturated heterocycles. The summed E-state index contributed by atoms with van der Waals surface area (Å²) >= 11 is 0. The summed E-state index contributed by atoms with van der Waals surface area (Å²) < 4.78 is 5.27. The molecule has 1 unspecified atom stereocenters. The fourth-order valence-electron chi connectivity index (χ4n) is 3.94. The van der Waals surface area contributed by atoms with E-state index in [0.717, 1.165) is 24.2 Å². The number of aromatic nitrogens is 4. The Morgan fingerprint density at radius 1 is 1.28 bits per heavy atom. The molecule has 0 aliphatic carbocycles. The Kier molecular flexibility index (Phi) is 6.16. The van der Waals surface area contributed by atoms with Gasteiger partial charge in [0.2, 0.25) is 0 Å². The highest BCUT2D eigenvalue weighted by Crippen LogP contribution is 2.27. The first kappa shape index (κ1) is 21.5. The Balaban J connectivity index is 1.49. The van der Waals surface area contributed by atoms with E-state index in [1.165, 1.54) is 0 Å². The summed E-state index contributed by atoms with van der Waals surface area (Å²) in [6.07, 6.45) is 3.31. The number of aromatic amines is 1. The molecular weight excluding hydrogens is 408 g/mol. The van der Waals surface area contributed by atoms with E-state index in [2.05, 4.69) is 25.5 Å². The SMILES string of the molecule is CNC(=O)c1cnc(C2CCCN(C(=O)c3cc(-c4cccc(OC)c4)n[nH]3)C2)nc1C. The van der Waals surface area contributed by atoms with Crippen molar-refractivity contribution in [2.24, 2.45) is 0 Å². The minimum absolute atomic E-state index is 0.0194. The van der Waals surface area contributed by atoms with Gasteiger partial charge in [-0.15, -0.1) is 0 Å². The molecule has 3 heterocycles. The summed E-state index contributed by atoms with van der Waals surface area (Å²) in [4.78, 5) is 35.8. The number of nitrogens with one attached hydrogen (secondary N) is 2. The summed E-state index contributed by atoms with van der Waals surface area (Å²) in [6.45, 7) is 2.98. The number of likely N-dealkylation sites (tertiary alicyclic amines) is 1. The first-order valence-electron chi connectivity index (χ1n) is 10.5. The summed E-state index contributed by atoms with van der Waals surface area (Å²) in [5.41, 5.74) is 3.09. The van der Waals surface area contributed by atoms with Crippen LogP contribution in [0.2, 0.25) is 0 Å². The molecule has 2 aromatic heterocycles. The lowest BCUT2D eigenvalue weighted by atomic mass is 9.96. The lowest BCUT2D eigenvalue weighted by Crippen LogP contribution is -2.39. The number of amides is 2. The average molecular weight is 435 g/mol. The fourth-order valence-corrected chi connectivity index (χ4v) is 3.94. The number of nitrogens with zero attached hydrogens (tertiary/aromatic N) is 4. The van der Waals surface area contributed by atoms with Gasteiger partial charge in [0.25, 0.3) is 11.8 Å². The lowest BCUT2D eigenvalue weighted by molar-refractivity contribution is 0.0698. The standard InChI is InChI=1S/C23H26N6O3/c1-14-18(22(30)24-2)12-25-21(26-14)16-7-5-9-29(13-16)23(31)20-11-19(27-28-20)15-6-4-8-17(10-15)32-3/h4,6,8,10-12,16H,5,7,9,13H2,1-3H3,(H,24,30)(H,27,28). The van der Waals surface area contributed by atoms with Gasteiger partial charge in [0.1, 0.15) is 17.3 Å². The molecule has 1 aromatic carbocycles.